The quantitative estimate of drug-likeness (QED) is 0.190. The summed E-state index contributed by atoms with van der Waals surface area (Å²) in [5.41, 5.74) is 16.1. The van der Waals surface area contributed by atoms with E-state index < -0.39 is 0 Å². The van der Waals surface area contributed by atoms with Gasteiger partial charge in [0.05, 0.1) is 21.9 Å². The third-order valence-electron chi connectivity index (χ3n) is 11.2. The van der Waals surface area contributed by atoms with Crippen LogP contribution in [0, 0.1) is 0 Å². The summed E-state index contributed by atoms with van der Waals surface area (Å²) in [5.74, 6) is 0. The number of benzene rings is 7. The van der Waals surface area contributed by atoms with Crippen LogP contribution in [0.5, 0.6) is 0 Å². The predicted molar refractivity (Wildman–Crippen MR) is 212 cm³/mol. The highest BCUT2D eigenvalue weighted by atomic mass is 16.3. The molecule has 0 spiro atoms. The molecular weight excluding hydrogens is 621 g/mol. The van der Waals surface area contributed by atoms with E-state index in [9.17, 15) is 0 Å². The highest BCUT2D eigenvalue weighted by Gasteiger charge is 2.36. The number of furan rings is 1. The molecule has 0 bridgehead atoms. The Morgan fingerprint density at radius 1 is 0.510 bits per heavy atom. The first-order valence-electron chi connectivity index (χ1n) is 17.6. The van der Waals surface area contributed by atoms with Crippen molar-refractivity contribution in [2.24, 2.45) is 0 Å². The Balaban J connectivity index is 1.11. The molecule has 0 amide bonds. The lowest BCUT2D eigenvalue weighted by Crippen LogP contribution is -2.14. The van der Waals surface area contributed by atoms with Crippen molar-refractivity contribution in [1.29, 1.82) is 0 Å². The van der Waals surface area contributed by atoms with Crippen LogP contribution in [0.15, 0.2) is 162 Å². The average Bonchev–Trinajstić information content (AvgIpc) is 3.78. The van der Waals surface area contributed by atoms with Gasteiger partial charge in [0.15, 0.2) is 0 Å². The Hall–Kier alpha value is -6.45. The molecular formula is C48H32N2O. The van der Waals surface area contributed by atoms with Gasteiger partial charge < -0.3 is 8.98 Å². The molecule has 10 aromatic rings. The lowest BCUT2D eigenvalue weighted by Gasteiger charge is -2.21. The van der Waals surface area contributed by atoms with Crippen LogP contribution >= 0.6 is 0 Å². The van der Waals surface area contributed by atoms with Gasteiger partial charge in [-0.15, -0.1) is 0 Å². The monoisotopic (exact) mass is 652 g/mol. The first-order chi connectivity index (χ1) is 25.0. The molecule has 3 nitrogen and oxygen atoms in total. The van der Waals surface area contributed by atoms with E-state index >= 15 is 0 Å². The fourth-order valence-electron chi connectivity index (χ4n) is 8.80. The summed E-state index contributed by atoms with van der Waals surface area (Å²) in [6, 6.07) is 57.1. The predicted octanol–water partition coefficient (Wildman–Crippen LogP) is 12.9. The molecule has 3 heterocycles. The minimum atomic E-state index is -0.0768. The maximum absolute atomic E-state index is 6.31. The molecule has 11 rings (SSSR count). The summed E-state index contributed by atoms with van der Waals surface area (Å²) >= 11 is 0. The first kappa shape index (κ1) is 28.4. The molecule has 0 saturated heterocycles. The molecule has 7 aromatic carbocycles. The Kier molecular flexibility index (Phi) is 5.73. The third kappa shape index (κ3) is 3.97. The normalized spacial score (nSPS) is 13.5. The molecule has 240 valence electrons. The molecule has 1 aliphatic carbocycles. The van der Waals surface area contributed by atoms with Crippen LogP contribution in [-0.2, 0) is 5.41 Å². The van der Waals surface area contributed by atoms with Gasteiger partial charge in [-0.1, -0.05) is 123 Å². The summed E-state index contributed by atoms with van der Waals surface area (Å²) in [4.78, 5) is 4.94. The summed E-state index contributed by atoms with van der Waals surface area (Å²) < 4.78 is 8.76. The zero-order valence-electron chi connectivity index (χ0n) is 28.3. The minimum absolute atomic E-state index is 0.0768. The number of hydrogen-bond donors (Lipinski definition) is 0. The van der Waals surface area contributed by atoms with Crippen molar-refractivity contribution in [3.8, 4) is 39.1 Å². The van der Waals surface area contributed by atoms with Crippen LogP contribution in [0.3, 0.4) is 0 Å². The molecule has 3 heteroatoms. The molecule has 0 radical (unpaired) electrons. The smallest absolute Gasteiger partial charge is 0.228 e. The number of fused-ring (bicyclic) bond motifs is 10. The van der Waals surface area contributed by atoms with E-state index in [4.69, 9.17) is 9.40 Å². The Morgan fingerprint density at radius 3 is 2.12 bits per heavy atom. The van der Waals surface area contributed by atoms with Crippen molar-refractivity contribution < 1.29 is 4.42 Å². The van der Waals surface area contributed by atoms with Gasteiger partial charge in [0.25, 0.3) is 0 Å². The van der Waals surface area contributed by atoms with Crippen molar-refractivity contribution in [3.05, 3.63) is 169 Å². The Labute approximate surface area is 295 Å². The zero-order valence-corrected chi connectivity index (χ0v) is 28.3. The second kappa shape index (κ2) is 10.3. The molecule has 0 N–H and O–H groups in total. The minimum Gasteiger partial charge on any atom is -0.438 e. The van der Waals surface area contributed by atoms with Crippen molar-refractivity contribution in [2.75, 3.05) is 0 Å². The van der Waals surface area contributed by atoms with Gasteiger partial charge in [-0.2, -0.15) is 0 Å². The summed E-state index contributed by atoms with van der Waals surface area (Å²) in [5, 5.41) is 5.80. The molecule has 0 unspecified atom stereocenters. The number of hydrogen-bond acceptors (Lipinski definition) is 2. The summed E-state index contributed by atoms with van der Waals surface area (Å²) in [6.07, 6.45) is 0. The van der Waals surface area contributed by atoms with Gasteiger partial charge in [-0.05, 0) is 87.5 Å². The van der Waals surface area contributed by atoms with E-state index in [0.717, 1.165) is 49.6 Å². The van der Waals surface area contributed by atoms with Crippen molar-refractivity contribution >= 4 is 54.8 Å². The van der Waals surface area contributed by atoms with Crippen LogP contribution in [0.25, 0.3) is 93.8 Å². The van der Waals surface area contributed by atoms with Gasteiger partial charge in [-0.3, -0.25) is 0 Å². The molecule has 0 fully saturated rings. The second-order valence-electron chi connectivity index (χ2n) is 14.4. The number of para-hydroxylation sites is 3. The van der Waals surface area contributed by atoms with Crippen molar-refractivity contribution in [1.82, 2.24) is 9.55 Å². The van der Waals surface area contributed by atoms with Crippen LogP contribution in [0.2, 0.25) is 0 Å². The molecule has 0 aliphatic heterocycles. The average molecular weight is 653 g/mol. The largest absolute Gasteiger partial charge is 0.438 e. The summed E-state index contributed by atoms with van der Waals surface area (Å²) in [6.45, 7) is 4.71. The zero-order chi connectivity index (χ0) is 33.8. The molecule has 0 atom stereocenters. The molecule has 0 saturated carbocycles. The van der Waals surface area contributed by atoms with E-state index in [1.807, 2.05) is 18.2 Å². The maximum atomic E-state index is 6.31. The lowest BCUT2D eigenvalue weighted by molar-refractivity contribution is 0.656. The highest BCUT2D eigenvalue weighted by molar-refractivity contribution is 6.18. The number of rotatable bonds is 3. The maximum Gasteiger partial charge on any atom is 0.228 e. The molecule has 51 heavy (non-hydrogen) atoms. The molecule has 1 aliphatic rings. The number of pyridine rings is 1. The topological polar surface area (TPSA) is 31.0 Å². The summed E-state index contributed by atoms with van der Waals surface area (Å²) in [7, 11) is 0. The van der Waals surface area contributed by atoms with E-state index in [2.05, 4.69) is 158 Å². The van der Waals surface area contributed by atoms with Gasteiger partial charge in [0.1, 0.15) is 5.58 Å². The fourth-order valence-corrected chi connectivity index (χ4v) is 8.80. The van der Waals surface area contributed by atoms with E-state index in [-0.39, 0.29) is 5.41 Å². The SMILES string of the molecule is CC1(C)c2ccccc2-c2cc3c4ccccc4n(-c4cccc(-c5cccc(-c6c7ccccc7nc7oc8ccccc8c67)c5)c4)c3cc21. The van der Waals surface area contributed by atoms with E-state index in [0.29, 0.717) is 5.71 Å². The van der Waals surface area contributed by atoms with Gasteiger partial charge in [0, 0.05) is 38.2 Å². The first-order valence-corrected chi connectivity index (χ1v) is 17.6. The van der Waals surface area contributed by atoms with Crippen LogP contribution < -0.4 is 0 Å². The molecule has 3 aromatic heterocycles. The fraction of sp³-hybridized carbons (Fsp3) is 0.0625. The van der Waals surface area contributed by atoms with Gasteiger partial charge in [0.2, 0.25) is 5.71 Å². The Morgan fingerprint density at radius 2 is 1.22 bits per heavy atom. The number of nitrogens with zero attached hydrogens (tertiary/aromatic N) is 2. The van der Waals surface area contributed by atoms with E-state index in [1.165, 1.54) is 49.6 Å². The standard InChI is InChI=1S/C48H32N2O/c1-48(2)39-21-7-3-17-33(39)37-27-38-34-18-5-9-23-42(34)50(43(38)28-40(37)48)32-16-12-14-30(26-32)29-13-11-15-31(25-29)45-35-19-4-8-22-41(35)49-47-46(45)36-20-6-10-24-44(36)51-47/h3-28H,1-2H3. The van der Waals surface area contributed by atoms with E-state index in [1.54, 1.807) is 0 Å². The van der Waals surface area contributed by atoms with Crippen LogP contribution in [-0.4, -0.2) is 9.55 Å². The van der Waals surface area contributed by atoms with Crippen LogP contribution in [0.1, 0.15) is 25.0 Å². The Bertz CT molecular complexity index is 3070. The van der Waals surface area contributed by atoms with Crippen LogP contribution in [0.4, 0.5) is 0 Å². The third-order valence-corrected chi connectivity index (χ3v) is 11.2. The van der Waals surface area contributed by atoms with Gasteiger partial charge in [-0.25, -0.2) is 4.98 Å². The van der Waals surface area contributed by atoms with Gasteiger partial charge >= 0.3 is 0 Å². The van der Waals surface area contributed by atoms with Crippen molar-refractivity contribution in [2.45, 2.75) is 19.3 Å². The second-order valence-corrected chi connectivity index (χ2v) is 14.4. The van der Waals surface area contributed by atoms with Crippen molar-refractivity contribution in [3.63, 3.8) is 0 Å². The lowest BCUT2D eigenvalue weighted by atomic mass is 9.82. The number of aromatic nitrogens is 2. The highest BCUT2D eigenvalue weighted by Crippen LogP contribution is 2.51.